The average molecular weight is 354 g/mol. The van der Waals surface area contributed by atoms with Crippen LogP contribution in [-0.2, 0) is 0 Å². The zero-order chi connectivity index (χ0) is 15.6. The largest absolute Gasteiger partial charge is 0.326 e. The summed E-state index contributed by atoms with van der Waals surface area (Å²) in [5.41, 5.74) is 7.81. The number of nitrogens with two attached hydrogens (primary N) is 1. The number of nitrogens with zero attached hydrogens (tertiary/aromatic N) is 2. The lowest BCUT2D eigenvalue weighted by Gasteiger charge is -2.47. The maximum Gasteiger partial charge on any atom is 0.0500 e. The Balaban J connectivity index is 2.26. The fourth-order valence-electron chi connectivity index (χ4n) is 3.28. The van der Waals surface area contributed by atoms with Crippen molar-refractivity contribution in [1.82, 2.24) is 9.80 Å². The fourth-order valence-corrected chi connectivity index (χ4v) is 3.55. The van der Waals surface area contributed by atoms with E-state index in [0.29, 0.717) is 18.1 Å². The topological polar surface area (TPSA) is 32.5 Å². The summed E-state index contributed by atoms with van der Waals surface area (Å²) in [5, 5.41) is 0. The fraction of sp³-hybridized carbons (Fsp3) is 0.647. The van der Waals surface area contributed by atoms with Crippen molar-refractivity contribution in [3.8, 4) is 0 Å². The summed E-state index contributed by atoms with van der Waals surface area (Å²) in [4.78, 5) is 5.04. The van der Waals surface area contributed by atoms with Crippen molar-refractivity contribution in [3.05, 3.63) is 34.3 Å². The summed E-state index contributed by atoms with van der Waals surface area (Å²) in [6.07, 6.45) is 0.996. The van der Waals surface area contributed by atoms with Crippen LogP contribution in [0.15, 0.2) is 28.7 Å². The van der Waals surface area contributed by atoms with Crippen molar-refractivity contribution in [3.63, 3.8) is 0 Å². The third kappa shape index (κ3) is 3.86. The second kappa shape index (κ2) is 7.23. The Labute approximate surface area is 137 Å². The van der Waals surface area contributed by atoms with Gasteiger partial charge in [0, 0.05) is 41.7 Å². The van der Waals surface area contributed by atoms with Gasteiger partial charge in [0.2, 0.25) is 0 Å². The Bertz CT molecular complexity index is 436. The van der Waals surface area contributed by atoms with Gasteiger partial charge in [-0.3, -0.25) is 9.80 Å². The maximum absolute atomic E-state index is 6.48. The first-order chi connectivity index (χ1) is 9.93. The molecule has 4 unspecified atom stereocenters. The summed E-state index contributed by atoms with van der Waals surface area (Å²) >= 11 is 3.52. The second-order valence-corrected chi connectivity index (χ2v) is 7.30. The van der Waals surface area contributed by atoms with Gasteiger partial charge in [-0.15, -0.1) is 0 Å². The van der Waals surface area contributed by atoms with E-state index in [9.17, 15) is 0 Å². The standard InChI is InChI=1S/C17H28BrN3/c1-5-16(19)17(14-6-8-15(18)9-7-14)21-10-12(2)20(4)13(3)11-21/h6-9,12-13,16-17H,5,10-11,19H2,1-4H3. The van der Waals surface area contributed by atoms with Crippen LogP contribution in [0.3, 0.4) is 0 Å². The molecule has 21 heavy (non-hydrogen) atoms. The molecule has 1 fully saturated rings. The monoisotopic (exact) mass is 353 g/mol. The Morgan fingerprint density at radius 3 is 2.19 bits per heavy atom. The first kappa shape index (κ1) is 16.9. The zero-order valence-corrected chi connectivity index (χ0v) is 15.2. The number of hydrogen-bond donors (Lipinski definition) is 1. The summed E-state index contributed by atoms with van der Waals surface area (Å²) in [5.74, 6) is 0. The maximum atomic E-state index is 6.48. The van der Waals surface area contributed by atoms with Gasteiger partial charge < -0.3 is 5.73 Å². The molecule has 118 valence electrons. The highest BCUT2D eigenvalue weighted by Gasteiger charge is 2.33. The molecule has 0 aliphatic carbocycles. The molecule has 1 aliphatic rings. The second-order valence-electron chi connectivity index (χ2n) is 6.39. The van der Waals surface area contributed by atoms with E-state index in [2.05, 4.69) is 77.8 Å². The molecule has 0 spiro atoms. The quantitative estimate of drug-likeness (QED) is 0.901. The summed E-state index contributed by atoms with van der Waals surface area (Å²) in [6, 6.07) is 10.3. The van der Waals surface area contributed by atoms with E-state index in [1.165, 1.54) is 5.56 Å². The highest BCUT2D eigenvalue weighted by atomic mass is 79.9. The van der Waals surface area contributed by atoms with Crippen molar-refractivity contribution in [1.29, 1.82) is 0 Å². The molecule has 1 aliphatic heterocycles. The Morgan fingerprint density at radius 1 is 1.19 bits per heavy atom. The first-order valence-corrected chi connectivity index (χ1v) is 8.70. The van der Waals surface area contributed by atoms with Crippen LogP contribution >= 0.6 is 15.9 Å². The molecular weight excluding hydrogens is 326 g/mol. The molecule has 0 saturated carbocycles. The number of hydrogen-bond acceptors (Lipinski definition) is 3. The normalized spacial score (nSPS) is 27.5. The van der Waals surface area contributed by atoms with Crippen LogP contribution in [0.25, 0.3) is 0 Å². The Hall–Kier alpha value is -0.420. The first-order valence-electron chi connectivity index (χ1n) is 7.91. The highest BCUT2D eigenvalue weighted by Crippen LogP contribution is 2.29. The van der Waals surface area contributed by atoms with E-state index >= 15 is 0 Å². The van der Waals surface area contributed by atoms with Gasteiger partial charge in [0.05, 0.1) is 0 Å². The van der Waals surface area contributed by atoms with Crippen molar-refractivity contribution >= 4 is 15.9 Å². The van der Waals surface area contributed by atoms with Gasteiger partial charge in [-0.2, -0.15) is 0 Å². The van der Waals surface area contributed by atoms with Gasteiger partial charge in [0.15, 0.2) is 0 Å². The summed E-state index contributed by atoms with van der Waals surface area (Å²) in [7, 11) is 2.22. The minimum absolute atomic E-state index is 0.175. The highest BCUT2D eigenvalue weighted by molar-refractivity contribution is 9.10. The van der Waals surface area contributed by atoms with E-state index in [1.807, 2.05) is 0 Å². The van der Waals surface area contributed by atoms with Gasteiger partial charge in [-0.25, -0.2) is 0 Å². The van der Waals surface area contributed by atoms with Gasteiger partial charge in [0.1, 0.15) is 0 Å². The van der Waals surface area contributed by atoms with E-state index in [-0.39, 0.29) is 6.04 Å². The molecule has 1 saturated heterocycles. The van der Waals surface area contributed by atoms with Crippen molar-refractivity contribution in [2.24, 2.45) is 5.73 Å². The number of halogens is 1. The lowest BCUT2D eigenvalue weighted by molar-refractivity contribution is 0.0254. The van der Waals surface area contributed by atoms with E-state index in [1.54, 1.807) is 0 Å². The number of rotatable bonds is 4. The van der Waals surface area contributed by atoms with E-state index < -0.39 is 0 Å². The minimum atomic E-state index is 0.175. The molecule has 2 N–H and O–H groups in total. The SMILES string of the molecule is CCC(N)C(c1ccc(Br)cc1)N1CC(C)N(C)C(C)C1. The third-order valence-corrected chi connectivity index (χ3v) is 5.40. The molecule has 2 rings (SSSR count). The number of benzene rings is 1. The number of likely N-dealkylation sites (N-methyl/N-ethyl adjacent to an activating group) is 1. The van der Waals surface area contributed by atoms with Crippen LogP contribution in [0.2, 0.25) is 0 Å². The van der Waals surface area contributed by atoms with Gasteiger partial charge >= 0.3 is 0 Å². The summed E-state index contributed by atoms with van der Waals surface area (Å²) in [6.45, 7) is 8.95. The number of piperazine rings is 1. The van der Waals surface area contributed by atoms with E-state index in [4.69, 9.17) is 5.73 Å². The predicted octanol–water partition coefficient (Wildman–Crippen LogP) is 3.25. The molecule has 1 aromatic carbocycles. The zero-order valence-electron chi connectivity index (χ0n) is 13.6. The average Bonchev–Trinajstić information content (AvgIpc) is 2.46. The molecular formula is C17H28BrN3. The molecule has 0 radical (unpaired) electrons. The molecule has 0 aromatic heterocycles. The van der Waals surface area contributed by atoms with Gasteiger partial charge in [-0.1, -0.05) is 35.0 Å². The predicted molar refractivity (Wildman–Crippen MR) is 93.4 cm³/mol. The van der Waals surface area contributed by atoms with Crippen LogP contribution in [-0.4, -0.2) is 48.1 Å². The van der Waals surface area contributed by atoms with Crippen LogP contribution < -0.4 is 5.73 Å². The summed E-state index contributed by atoms with van der Waals surface area (Å²) < 4.78 is 1.12. The van der Waals surface area contributed by atoms with Crippen LogP contribution in [0.5, 0.6) is 0 Å². The molecule has 1 aromatic rings. The van der Waals surface area contributed by atoms with Crippen LogP contribution in [0.4, 0.5) is 0 Å². The minimum Gasteiger partial charge on any atom is -0.326 e. The van der Waals surface area contributed by atoms with Gasteiger partial charge in [-0.05, 0) is 45.0 Å². The van der Waals surface area contributed by atoms with Crippen LogP contribution in [0, 0.1) is 0 Å². The molecule has 4 atom stereocenters. The van der Waals surface area contributed by atoms with Crippen LogP contribution in [0.1, 0.15) is 38.8 Å². The lowest BCUT2D eigenvalue weighted by Crippen LogP contribution is -2.57. The Morgan fingerprint density at radius 2 is 1.71 bits per heavy atom. The van der Waals surface area contributed by atoms with Crippen molar-refractivity contribution in [2.45, 2.75) is 51.4 Å². The molecule has 3 nitrogen and oxygen atoms in total. The smallest absolute Gasteiger partial charge is 0.0500 e. The molecule has 4 heteroatoms. The third-order valence-electron chi connectivity index (χ3n) is 4.87. The van der Waals surface area contributed by atoms with Gasteiger partial charge in [0.25, 0.3) is 0 Å². The van der Waals surface area contributed by atoms with E-state index in [0.717, 1.165) is 24.0 Å². The molecule has 0 amide bonds. The lowest BCUT2D eigenvalue weighted by atomic mass is 9.94. The molecule has 1 heterocycles. The Kier molecular flexibility index (Phi) is 5.83. The molecule has 0 bridgehead atoms. The van der Waals surface area contributed by atoms with Crippen molar-refractivity contribution < 1.29 is 0 Å². The van der Waals surface area contributed by atoms with Crippen molar-refractivity contribution in [2.75, 3.05) is 20.1 Å².